The number of hydrogen-bond acceptors (Lipinski definition) is 1. The number of allylic oxidation sites excluding steroid dienone is 2. The molecule has 62 valence electrons. The lowest BCUT2D eigenvalue weighted by Crippen LogP contribution is -2.02. The van der Waals surface area contributed by atoms with Gasteiger partial charge in [-0.3, -0.25) is 4.79 Å². The third-order valence-electron chi connectivity index (χ3n) is 2.10. The zero-order valence-corrected chi connectivity index (χ0v) is 7.31. The Labute approximate surface area is 72.4 Å². The van der Waals surface area contributed by atoms with Gasteiger partial charge in [0.1, 0.15) is 0 Å². The van der Waals surface area contributed by atoms with Crippen LogP contribution in [0.2, 0.25) is 0 Å². The van der Waals surface area contributed by atoms with Crippen LogP contribution in [-0.2, 0) is 4.79 Å². The first-order valence-corrected chi connectivity index (χ1v) is 4.50. The average Bonchev–Trinajstić information content (AvgIpc) is 2.14. The van der Waals surface area contributed by atoms with E-state index in [4.69, 9.17) is 11.6 Å². The molecular weight excluding hydrogens is 160 g/mol. The van der Waals surface area contributed by atoms with Gasteiger partial charge in [0.25, 0.3) is 0 Å². The summed E-state index contributed by atoms with van der Waals surface area (Å²) in [6, 6.07) is 0. The quantitative estimate of drug-likeness (QED) is 0.463. The summed E-state index contributed by atoms with van der Waals surface area (Å²) >= 11 is 5.31. The normalized spacial score (nSPS) is 19.7. The molecule has 0 N–H and O–H groups in total. The Morgan fingerprint density at radius 1 is 1.36 bits per heavy atom. The molecule has 1 rings (SSSR count). The summed E-state index contributed by atoms with van der Waals surface area (Å²) in [4.78, 5) is 10.6. The van der Waals surface area contributed by atoms with Crippen molar-refractivity contribution in [2.24, 2.45) is 5.92 Å². The van der Waals surface area contributed by atoms with E-state index in [0.29, 0.717) is 12.3 Å². The molecule has 1 aliphatic carbocycles. The predicted molar refractivity (Wildman–Crippen MR) is 46.6 cm³/mol. The van der Waals surface area contributed by atoms with Crippen LogP contribution in [0.15, 0.2) is 12.2 Å². The van der Waals surface area contributed by atoms with Gasteiger partial charge >= 0.3 is 0 Å². The molecule has 0 aromatic rings. The van der Waals surface area contributed by atoms with E-state index >= 15 is 0 Å². The van der Waals surface area contributed by atoms with Crippen LogP contribution in [0.5, 0.6) is 0 Å². The van der Waals surface area contributed by atoms with Crippen LogP contribution in [0, 0.1) is 5.92 Å². The average molecular weight is 173 g/mol. The number of carbonyl (C=O) groups is 1. The van der Waals surface area contributed by atoms with Crippen LogP contribution in [0.25, 0.3) is 0 Å². The van der Waals surface area contributed by atoms with Gasteiger partial charge in [0.05, 0.1) is 0 Å². The van der Waals surface area contributed by atoms with Crippen LogP contribution in [0.1, 0.15) is 32.1 Å². The second kappa shape index (κ2) is 4.55. The third kappa shape index (κ3) is 3.57. The van der Waals surface area contributed by atoms with Gasteiger partial charge in [-0.05, 0) is 43.2 Å². The van der Waals surface area contributed by atoms with E-state index in [1.165, 1.54) is 0 Å². The SMILES string of the molecule is O=C(Cl)CC1CCC=CCC1. The Hall–Kier alpha value is -0.300. The summed E-state index contributed by atoms with van der Waals surface area (Å²) in [5.74, 6) is 0.523. The maximum absolute atomic E-state index is 10.6. The van der Waals surface area contributed by atoms with Crippen LogP contribution >= 0.6 is 11.6 Å². The Balaban J connectivity index is 2.29. The first-order valence-electron chi connectivity index (χ1n) is 4.12. The van der Waals surface area contributed by atoms with Crippen LogP contribution in [-0.4, -0.2) is 5.24 Å². The van der Waals surface area contributed by atoms with Gasteiger partial charge in [0.15, 0.2) is 0 Å². The van der Waals surface area contributed by atoms with Crippen LogP contribution in [0.4, 0.5) is 0 Å². The van der Waals surface area contributed by atoms with Gasteiger partial charge in [-0.2, -0.15) is 0 Å². The summed E-state index contributed by atoms with van der Waals surface area (Å²) in [6.07, 6.45) is 9.40. The van der Waals surface area contributed by atoms with Crippen molar-refractivity contribution in [1.82, 2.24) is 0 Å². The molecule has 1 aliphatic rings. The monoisotopic (exact) mass is 172 g/mol. The molecule has 0 spiro atoms. The van der Waals surface area contributed by atoms with Gasteiger partial charge < -0.3 is 0 Å². The molecule has 0 radical (unpaired) electrons. The van der Waals surface area contributed by atoms with E-state index in [0.717, 1.165) is 25.7 Å². The first kappa shape index (κ1) is 8.79. The second-order valence-electron chi connectivity index (χ2n) is 3.05. The lowest BCUT2D eigenvalue weighted by atomic mass is 9.97. The van der Waals surface area contributed by atoms with E-state index in [2.05, 4.69) is 12.2 Å². The highest BCUT2D eigenvalue weighted by atomic mass is 35.5. The topological polar surface area (TPSA) is 17.1 Å². The van der Waals surface area contributed by atoms with Gasteiger partial charge in [-0.15, -0.1) is 0 Å². The minimum atomic E-state index is -0.183. The molecule has 0 unspecified atom stereocenters. The van der Waals surface area contributed by atoms with Gasteiger partial charge in [0.2, 0.25) is 5.24 Å². The zero-order chi connectivity index (χ0) is 8.10. The summed E-state index contributed by atoms with van der Waals surface area (Å²) in [6.45, 7) is 0. The van der Waals surface area contributed by atoms with Crippen molar-refractivity contribution in [1.29, 1.82) is 0 Å². The summed E-state index contributed by atoms with van der Waals surface area (Å²) in [7, 11) is 0. The molecule has 0 heterocycles. The van der Waals surface area contributed by atoms with E-state index in [1.807, 2.05) is 0 Å². The minimum absolute atomic E-state index is 0.183. The molecule has 1 nitrogen and oxygen atoms in total. The zero-order valence-electron chi connectivity index (χ0n) is 6.55. The van der Waals surface area contributed by atoms with Crippen molar-refractivity contribution in [2.75, 3.05) is 0 Å². The molecular formula is C9H13ClO. The largest absolute Gasteiger partial charge is 0.281 e. The van der Waals surface area contributed by atoms with Crippen molar-refractivity contribution in [3.05, 3.63) is 12.2 Å². The van der Waals surface area contributed by atoms with Crippen molar-refractivity contribution in [2.45, 2.75) is 32.1 Å². The lowest BCUT2D eigenvalue weighted by molar-refractivity contribution is -0.112. The van der Waals surface area contributed by atoms with E-state index in [-0.39, 0.29) is 5.24 Å². The Morgan fingerprint density at radius 2 is 1.91 bits per heavy atom. The Bertz CT molecular complexity index is 153. The van der Waals surface area contributed by atoms with E-state index < -0.39 is 0 Å². The summed E-state index contributed by atoms with van der Waals surface area (Å²) < 4.78 is 0. The molecule has 0 amide bonds. The maximum Gasteiger partial charge on any atom is 0.221 e. The molecule has 11 heavy (non-hydrogen) atoms. The lowest BCUT2D eigenvalue weighted by Gasteiger charge is -2.09. The van der Waals surface area contributed by atoms with E-state index in [1.54, 1.807) is 0 Å². The Kier molecular flexibility index (Phi) is 3.64. The van der Waals surface area contributed by atoms with Crippen molar-refractivity contribution < 1.29 is 4.79 Å². The van der Waals surface area contributed by atoms with Crippen molar-refractivity contribution in [3.8, 4) is 0 Å². The highest BCUT2D eigenvalue weighted by molar-refractivity contribution is 6.63. The fourth-order valence-electron chi connectivity index (χ4n) is 1.47. The highest BCUT2D eigenvalue weighted by Gasteiger charge is 2.12. The second-order valence-corrected chi connectivity index (χ2v) is 3.47. The summed E-state index contributed by atoms with van der Waals surface area (Å²) in [5.41, 5.74) is 0. The van der Waals surface area contributed by atoms with Gasteiger partial charge in [-0.25, -0.2) is 0 Å². The maximum atomic E-state index is 10.6. The molecule has 2 heteroatoms. The van der Waals surface area contributed by atoms with Gasteiger partial charge in [0, 0.05) is 6.42 Å². The molecule has 0 bridgehead atoms. The Morgan fingerprint density at radius 3 is 2.36 bits per heavy atom. The van der Waals surface area contributed by atoms with Gasteiger partial charge in [-0.1, -0.05) is 12.2 Å². The fraction of sp³-hybridized carbons (Fsp3) is 0.667. The van der Waals surface area contributed by atoms with Crippen LogP contribution in [0.3, 0.4) is 0 Å². The molecule has 0 atom stereocenters. The minimum Gasteiger partial charge on any atom is -0.281 e. The molecule has 0 saturated heterocycles. The number of rotatable bonds is 2. The molecule has 0 aromatic heterocycles. The molecule has 0 saturated carbocycles. The van der Waals surface area contributed by atoms with Crippen LogP contribution < -0.4 is 0 Å². The third-order valence-corrected chi connectivity index (χ3v) is 2.25. The smallest absolute Gasteiger partial charge is 0.221 e. The molecule has 0 aliphatic heterocycles. The standard InChI is InChI=1S/C9H13ClO/c10-9(11)7-8-5-3-1-2-4-6-8/h1-2,8H,3-7H2. The fourth-order valence-corrected chi connectivity index (χ4v) is 1.69. The van der Waals surface area contributed by atoms with Crippen molar-refractivity contribution >= 4 is 16.8 Å². The number of carbonyl (C=O) groups excluding carboxylic acids is 1. The van der Waals surface area contributed by atoms with E-state index in [9.17, 15) is 4.79 Å². The predicted octanol–water partition coefficient (Wildman–Crippen LogP) is 2.89. The molecule has 0 fully saturated rings. The first-order chi connectivity index (χ1) is 5.29. The summed E-state index contributed by atoms with van der Waals surface area (Å²) in [5, 5.41) is -0.183. The van der Waals surface area contributed by atoms with Crippen molar-refractivity contribution in [3.63, 3.8) is 0 Å². The number of hydrogen-bond donors (Lipinski definition) is 0. The molecule has 0 aromatic carbocycles. The highest BCUT2D eigenvalue weighted by Crippen LogP contribution is 2.22. The number of halogens is 1.